The molecule has 1 amide bonds. The van der Waals surface area contributed by atoms with Gasteiger partial charge in [0.05, 0.1) is 17.9 Å². The first kappa shape index (κ1) is 15.7. The van der Waals surface area contributed by atoms with E-state index in [1.54, 1.807) is 4.68 Å². The minimum absolute atomic E-state index is 0.0362. The van der Waals surface area contributed by atoms with Gasteiger partial charge in [-0.05, 0) is 37.8 Å². The maximum Gasteiger partial charge on any atom is 0.220 e. The van der Waals surface area contributed by atoms with Gasteiger partial charge in [0.1, 0.15) is 5.69 Å². The first-order valence-corrected chi connectivity index (χ1v) is 8.16. The van der Waals surface area contributed by atoms with Gasteiger partial charge in [0, 0.05) is 12.5 Å². The predicted molar refractivity (Wildman–Crippen MR) is 87.9 cm³/mol. The second-order valence-electron chi connectivity index (χ2n) is 6.27. The van der Waals surface area contributed by atoms with E-state index in [1.165, 1.54) is 0 Å². The lowest BCUT2D eigenvalue weighted by Crippen LogP contribution is -2.33. The van der Waals surface area contributed by atoms with Gasteiger partial charge in [-0.2, -0.15) is 0 Å². The van der Waals surface area contributed by atoms with Gasteiger partial charge in [0.2, 0.25) is 5.91 Å². The van der Waals surface area contributed by atoms with E-state index in [1.807, 2.05) is 43.5 Å². The molecule has 23 heavy (non-hydrogen) atoms. The van der Waals surface area contributed by atoms with Crippen LogP contribution < -0.4 is 11.1 Å². The molecule has 0 spiro atoms. The maximum atomic E-state index is 12.2. The molecule has 6 heteroatoms. The number of hydrogen-bond donors (Lipinski definition) is 2. The van der Waals surface area contributed by atoms with Crippen LogP contribution in [0.25, 0.3) is 5.69 Å². The van der Waals surface area contributed by atoms with Crippen molar-refractivity contribution in [2.45, 2.75) is 44.7 Å². The van der Waals surface area contributed by atoms with Gasteiger partial charge in [0.15, 0.2) is 0 Å². The van der Waals surface area contributed by atoms with E-state index in [0.29, 0.717) is 12.3 Å². The zero-order valence-corrected chi connectivity index (χ0v) is 13.4. The highest BCUT2D eigenvalue weighted by molar-refractivity contribution is 5.76. The number of nitrogens with two attached hydrogens (primary N) is 1. The molecule has 3 atom stereocenters. The van der Waals surface area contributed by atoms with E-state index in [9.17, 15) is 4.79 Å². The number of para-hydroxylation sites is 1. The second kappa shape index (κ2) is 6.91. The number of rotatable bonds is 5. The molecule has 3 N–H and O–H groups in total. The van der Waals surface area contributed by atoms with Crippen molar-refractivity contribution >= 4 is 5.91 Å². The summed E-state index contributed by atoms with van der Waals surface area (Å²) in [6.45, 7) is 1.92. The average molecular weight is 313 g/mol. The van der Waals surface area contributed by atoms with Crippen molar-refractivity contribution < 1.29 is 4.79 Å². The lowest BCUT2D eigenvalue weighted by Gasteiger charge is -2.16. The Balaban J connectivity index is 1.59. The highest BCUT2D eigenvalue weighted by Crippen LogP contribution is 2.27. The number of carbonyl (C=O) groups is 1. The number of amides is 1. The van der Waals surface area contributed by atoms with Crippen molar-refractivity contribution in [1.82, 2.24) is 20.3 Å². The quantitative estimate of drug-likeness (QED) is 0.883. The second-order valence-corrected chi connectivity index (χ2v) is 6.27. The van der Waals surface area contributed by atoms with E-state index in [4.69, 9.17) is 5.73 Å². The maximum absolute atomic E-state index is 12.2. The van der Waals surface area contributed by atoms with Crippen LogP contribution in [0.4, 0.5) is 0 Å². The Kier molecular flexibility index (Phi) is 4.71. The molecule has 1 aromatic carbocycles. The SMILES string of the molecule is CC(NC(=O)C[C@@H]1CCC[C@H]1N)c1cn(-c2ccccc2)nn1. The number of carbonyl (C=O) groups excluding carboxylic acids is 1. The third kappa shape index (κ3) is 3.76. The minimum Gasteiger partial charge on any atom is -0.348 e. The molecular formula is C17H23N5O. The summed E-state index contributed by atoms with van der Waals surface area (Å²) >= 11 is 0. The first-order valence-electron chi connectivity index (χ1n) is 8.16. The Bertz CT molecular complexity index is 654. The predicted octanol–water partition coefficient (Wildman–Crippen LogP) is 1.96. The van der Waals surface area contributed by atoms with Crippen LogP contribution in [0.15, 0.2) is 36.5 Å². The molecule has 0 bridgehead atoms. The molecular weight excluding hydrogens is 290 g/mol. The largest absolute Gasteiger partial charge is 0.348 e. The molecule has 1 fully saturated rings. The summed E-state index contributed by atoms with van der Waals surface area (Å²) in [7, 11) is 0. The summed E-state index contributed by atoms with van der Waals surface area (Å²) in [6.07, 6.45) is 5.55. The van der Waals surface area contributed by atoms with Crippen molar-refractivity contribution in [1.29, 1.82) is 0 Å². The highest BCUT2D eigenvalue weighted by Gasteiger charge is 2.26. The molecule has 122 valence electrons. The topological polar surface area (TPSA) is 85.8 Å². The molecule has 1 heterocycles. The van der Waals surface area contributed by atoms with E-state index >= 15 is 0 Å². The van der Waals surface area contributed by atoms with Crippen LogP contribution in [0.3, 0.4) is 0 Å². The molecule has 0 saturated heterocycles. The Morgan fingerprint density at radius 3 is 2.87 bits per heavy atom. The van der Waals surface area contributed by atoms with Gasteiger partial charge in [-0.3, -0.25) is 4.79 Å². The first-order chi connectivity index (χ1) is 11.1. The van der Waals surface area contributed by atoms with Crippen molar-refractivity contribution in [3.05, 3.63) is 42.2 Å². The fraction of sp³-hybridized carbons (Fsp3) is 0.471. The number of aromatic nitrogens is 3. The molecule has 0 radical (unpaired) electrons. The zero-order chi connectivity index (χ0) is 16.2. The third-order valence-electron chi connectivity index (χ3n) is 4.52. The number of hydrogen-bond acceptors (Lipinski definition) is 4. The Labute approximate surface area is 136 Å². The van der Waals surface area contributed by atoms with E-state index in [0.717, 1.165) is 30.6 Å². The third-order valence-corrected chi connectivity index (χ3v) is 4.52. The molecule has 1 aliphatic rings. The van der Waals surface area contributed by atoms with E-state index in [2.05, 4.69) is 15.6 Å². The van der Waals surface area contributed by atoms with Crippen molar-refractivity contribution in [2.75, 3.05) is 0 Å². The summed E-state index contributed by atoms with van der Waals surface area (Å²) < 4.78 is 1.71. The molecule has 6 nitrogen and oxygen atoms in total. The monoisotopic (exact) mass is 313 g/mol. The molecule has 1 unspecified atom stereocenters. The van der Waals surface area contributed by atoms with Crippen LogP contribution in [0.5, 0.6) is 0 Å². The standard InChI is InChI=1S/C17H23N5O/c1-12(19-17(23)10-13-6-5-9-15(13)18)16-11-22(21-20-16)14-7-3-2-4-8-14/h2-4,7-8,11-13,15H,5-6,9-10,18H2,1H3,(H,19,23)/t12?,13-,15+/m0/s1. The van der Waals surface area contributed by atoms with Gasteiger partial charge >= 0.3 is 0 Å². The summed E-state index contributed by atoms with van der Waals surface area (Å²) in [5.41, 5.74) is 7.73. The molecule has 2 aromatic rings. The van der Waals surface area contributed by atoms with Crippen LogP contribution in [0.2, 0.25) is 0 Å². The smallest absolute Gasteiger partial charge is 0.220 e. The Morgan fingerprint density at radius 2 is 2.17 bits per heavy atom. The fourth-order valence-corrected chi connectivity index (χ4v) is 3.11. The van der Waals surface area contributed by atoms with Crippen molar-refractivity contribution in [3.63, 3.8) is 0 Å². The van der Waals surface area contributed by atoms with Crippen LogP contribution in [0, 0.1) is 5.92 Å². The van der Waals surface area contributed by atoms with Crippen LogP contribution >= 0.6 is 0 Å². The zero-order valence-electron chi connectivity index (χ0n) is 13.4. The van der Waals surface area contributed by atoms with Gasteiger partial charge in [-0.15, -0.1) is 5.10 Å². The fourth-order valence-electron chi connectivity index (χ4n) is 3.11. The van der Waals surface area contributed by atoms with Gasteiger partial charge in [0.25, 0.3) is 0 Å². The number of nitrogens with one attached hydrogen (secondary N) is 1. The molecule has 1 aliphatic carbocycles. The molecule has 1 saturated carbocycles. The Hall–Kier alpha value is -2.21. The lowest BCUT2D eigenvalue weighted by molar-refractivity contribution is -0.122. The van der Waals surface area contributed by atoms with E-state index in [-0.39, 0.29) is 18.0 Å². The van der Waals surface area contributed by atoms with Crippen LogP contribution in [0.1, 0.15) is 44.3 Å². The molecule has 1 aromatic heterocycles. The number of benzene rings is 1. The van der Waals surface area contributed by atoms with Gasteiger partial charge in [-0.1, -0.05) is 29.8 Å². The summed E-state index contributed by atoms with van der Waals surface area (Å²) in [5.74, 6) is 0.344. The minimum atomic E-state index is -0.169. The van der Waals surface area contributed by atoms with Crippen LogP contribution in [-0.4, -0.2) is 26.9 Å². The Morgan fingerprint density at radius 1 is 1.39 bits per heavy atom. The normalized spacial score (nSPS) is 22.0. The summed E-state index contributed by atoms with van der Waals surface area (Å²) in [4.78, 5) is 12.2. The van der Waals surface area contributed by atoms with Crippen molar-refractivity contribution in [2.24, 2.45) is 11.7 Å². The van der Waals surface area contributed by atoms with Crippen LogP contribution in [-0.2, 0) is 4.79 Å². The van der Waals surface area contributed by atoms with Gasteiger partial charge < -0.3 is 11.1 Å². The lowest BCUT2D eigenvalue weighted by atomic mass is 9.99. The van der Waals surface area contributed by atoms with Gasteiger partial charge in [-0.25, -0.2) is 4.68 Å². The van der Waals surface area contributed by atoms with Crippen molar-refractivity contribution in [3.8, 4) is 5.69 Å². The van der Waals surface area contributed by atoms with E-state index < -0.39 is 0 Å². The summed E-state index contributed by atoms with van der Waals surface area (Å²) in [5, 5.41) is 11.3. The molecule has 3 rings (SSSR count). The molecule has 0 aliphatic heterocycles. The number of nitrogens with zero attached hydrogens (tertiary/aromatic N) is 3. The summed E-state index contributed by atoms with van der Waals surface area (Å²) in [6, 6.07) is 9.77. The average Bonchev–Trinajstić information content (AvgIpc) is 3.18. The highest BCUT2D eigenvalue weighted by atomic mass is 16.1.